The van der Waals surface area contributed by atoms with Gasteiger partial charge < -0.3 is 9.47 Å². The maximum absolute atomic E-state index is 11.1. The van der Waals surface area contributed by atoms with Crippen LogP contribution in [0.4, 0.5) is 0 Å². The highest BCUT2D eigenvalue weighted by Crippen LogP contribution is 2.03. The van der Waals surface area contributed by atoms with Gasteiger partial charge in [-0.2, -0.15) is 0 Å². The zero-order valence-electron chi connectivity index (χ0n) is 8.49. The highest BCUT2D eigenvalue weighted by Gasteiger charge is 2.20. The second-order valence-electron chi connectivity index (χ2n) is 2.82. The first-order chi connectivity index (χ1) is 6.02. The molecule has 0 radical (unpaired) electrons. The van der Waals surface area contributed by atoms with Crippen LogP contribution in [0.15, 0.2) is 0 Å². The molecule has 0 aliphatic heterocycles. The van der Waals surface area contributed by atoms with Crippen LogP contribution >= 0.6 is 0 Å². The summed E-state index contributed by atoms with van der Waals surface area (Å²) in [4.78, 5) is 22.1. The van der Waals surface area contributed by atoms with Gasteiger partial charge in [-0.1, -0.05) is 6.92 Å². The molecule has 0 amide bonds. The lowest BCUT2D eigenvalue weighted by Gasteiger charge is -2.15. The molecule has 0 bridgehead atoms. The van der Waals surface area contributed by atoms with Crippen molar-refractivity contribution in [2.75, 3.05) is 7.11 Å². The second kappa shape index (κ2) is 5.70. The van der Waals surface area contributed by atoms with Crippen molar-refractivity contribution in [3.63, 3.8) is 0 Å². The van der Waals surface area contributed by atoms with E-state index >= 15 is 0 Å². The summed E-state index contributed by atoms with van der Waals surface area (Å²) >= 11 is 0. The van der Waals surface area contributed by atoms with E-state index in [4.69, 9.17) is 9.47 Å². The van der Waals surface area contributed by atoms with E-state index in [9.17, 15) is 9.59 Å². The smallest absolute Gasteiger partial charge is 0.335 e. The van der Waals surface area contributed by atoms with Gasteiger partial charge in [0, 0.05) is 7.11 Å². The fraction of sp³-hybridized carbons (Fsp3) is 0.778. The fourth-order valence-corrected chi connectivity index (χ4v) is 0.786. The summed E-state index contributed by atoms with van der Waals surface area (Å²) in [6, 6.07) is 0. The molecule has 0 aromatic heterocycles. The predicted octanol–water partition coefficient (Wildman–Crippen LogP) is 0.932. The number of carbonyl (C=O) groups excluding carboxylic acids is 2. The van der Waals surface area contributed by atoms with Gasteiger partial charge in [0.05, 0.1) is 0 Å². The molecule has 2 atom stereocenters. The first-order valence-corrected chi connectivity index (χ1v) is 4.26. The zero-order chi connectivity index (χ0) is 10.4. The van der Waals surface area contributed by atoms with E-state index in [-0.39, 0.29) is 5.78 Å². The number of hydrogen-bond donors (Lipinski definition) is 0. The van der Waals surface area contributed by atoms with Gasteiger partial charge in [0.25, 0.3) is 0 Å². The first kappa shape index (κ1) is 12.1. The number of carbonyl (C=O) groups is 2. The molecule has 0 aromatic carbocycles. The number of methoxy groups -OCH3 is 1. The average Bonchev–Trinajstić information content (AvgIpc) is 2.11. The molecule has 0 rings (SSSR count). The van der Waals surface area contributed by atoms with Gasteiger partial charge in [-0.15, -0.1) is 0 Å². The van der Waals surface area contributed by atoms with Crippen LogP contribution in [0.25, 0.3) is 0 Å². The molecule has 2 unspecified atom stereocenters. The number of ketones is 1. The molecular weight excluding hydrogens is 172 g/mol. The van der Waals surface area contributed by atoms with Gasteiger partial charge in [0.15, 0.2) is 18.0 Å². The van der Waals surface area contributed by atoms with E-state index in [1.54, 1.807) is 13.8 Å². The lowest BCUT2D eigenvalue weighted by atomic mass is 10.2. The molecule has 0 saturated heterocycles. The van der Waals surface area contributed by atoms with E-state index in [1.165, 1.54) is 14.0 Å². The maximum Gasteiger partial charge on any atom is 0.335 e. The van der Waals surface area contributed by atoms with Crippen LogP contribution in [0, 0.1) is 0 Å². The van der Waals surface area contributed by atoms with Gasteiger partial charge in [0.2, 0.25) is 0 Å². The number of Topliss-reactive ketones (excluding diaryl/α,β-unsaturated/α-hetero) is 1. The van der Waals surface area contributed by atoms with Crippen LogP contribution in [0.1, 0.15) is 27.2 Å². The van der Waals surface area contributed by atoms with Crippen LogP contribution in [-0.4, -0.2) is 31.1 Å². The Bertz CT molecular complexity index is 188. The molecule has 4 nitrogen and oxygen atoms in total. The summed E-state index contributed by atoms with van der Waals surface area (Å²) in [5, 5.41) is 0. The molecule has 0 fully saturated rings. The normalized spacial score (nSPS) is 14.8. The fourth-order valence-electron chi connectivity index (χ4n) is 0.786. The Labute approximate surface area is 78.2 Å². The summed E-state index contributed by atoms with van der Waals surface area (Å²) < 4.78 is 9.65. The Kier molecular flexibility index (Phi) is 5.30. The second-order valence-corrected chi connectivity index (χ2v) is 2.82. The minimum atomic E-state index is -0.634. The van der Waals surface area contributed by atoms with Gasteiger partial charge >= 0.3 is 5.97 Å². The number of hydrogen-bond acceptors (Lipinski definition) is 4. The highest BCUT2D eigenvalue weighted by atomic mass is 16.6. The number of esters is 1. The number of ether oxygens (including phenoxy) is 2. The maximum atomic E-state index is 11.1. The Morgan fingerprint density at radius 1 is 1.38 bits per heavy atom. The molecule has 0 saturated carbocycles. The van der Waals surface area contributed by atoms with Crippen molar-refractivity contribution < 1.29 is 19.1 Å². The lowest BCUT2D eigenvalue weighted by molar-refractivity contribution is -0.163. The predicted molar refractivity (Wildman–Crippen MR) is 47.3 cm³/mol. The van der Waals surface area contributed by atoms with E-state index in [2.05, 4.69) is 0 Å². The summed E-state index contributed by atoms with van der Waals surface area (Å²) in [6.07, 6.45) is -0.754. The molecule has 0 heterocycles. The highest BCUT2D eigenvalue weighted by molar-refractivity contribution is 5.84. The van der Waals surface area contributed by atoms with Crippen molar-refractivity contribution in [1.29, 1.82) is 0 Å². The molecular formula is C9H16O4. The third kappa shape index (κ3) is 4.03. The average molecular weight is 188 g/mol. The molecule has 0 aliphatic carbocycles. The van der Waals surface area contributed by atoms with E-state index in [0.717, 1.165) is 0 Å². The van der Waals surface area contributed by atoms with Crippen molar-refractivity contribution in [2.24, 2.45) is 0 Å². The Morgan fingerprint density at radius 2 is 1.92 bits per heavy atom. The van der Waals surface area contributed by atoms with E-state index < -0.39 is 18.2 Å². The largest absolute Gasteiger partial charge is 0.452 e. The monoisotopic (exact) mass is 188 g/mol. The summed E-state index contributed by atoms with van der Waals surface area (Å²) in [7, 11) is 1.42. The zero-order valence-corrected chi connectivity index (χ0v) is 8.49. The third-order valence-corrected chi connectivity index (χ3v) is 1.77. The van der Waals surface area contributed by atoms with Gasteiger partial charge in [-0.3, -0.25) is 4.79 Å². The molecule has 76 valence electrons. The summed E-state index contributed by atoms with van der Waals surface area (Å²) in [5.41, 5.74) is 0. The quantitative estimate of drug-likeness (QED) is 0.602. The van der Waals surface area contributed by atoms with Crippen LogP contribution in [0.5, 0.6) is 0 Å². The van der Waals surface area contributed by atoms with Gasteiger partial charge in [-0.25, -0.2) is 4.79 Å². The third-order valence-electron chi connectivity index (χ3n) is 1.77. The van der Waals surface area contributed by atoms with Crippen LogP contribution < -0.4 is 0 Å². The van der Waals surface area contributed by atoms with Crippen LogP contribution in [-0.2, 0) is 19.1 Å². The summed E-state index contributed by atoms with van der Waals surface area (Å²) in [5.74, 6) is -0.635. The van der Waals surface area contributed by atoms with Gasteiger partial charge in [-0.05, 0) is 20.3 Å². The first-order valence-electron chi connectivity index (χ1n) is 4.26. The number of rotatable bonds is 5. The molecule has 4 heteroatoms. The molecule has 0 aliphatic rings. The standard InChI is InChI=1S/C9H16O4/c1-5-8(6(2)10)13-9(11)7(3)12-4/h7-8H,5H2,1-4H3. The van der Waals surface area contributed by atoms with E-state index in [1.807, 2.05) is 0 Å². The van der Waals surface area contributed by atoms with E-state index in [0.29, 0.717) is 6.42 Å². The topological polar surface area (TPSA) is 52.6 Å². The molecule has 0 aromatic rings. The van der Waals surface area contributed by atoms with Gasteiger partial charge in [0.1, 0.15) is 0 Å². The molecule has 0 N–H and O–H groups in total. The minimum absolute atomic E-state index is 0.140. The van der Waals surface area contributed by atoms with Crippen molar-refractivity contribution >= 4 is 11.8 Å². The van der Waals surface area contributed by atoms with Crippen molar-refractivity contribution in [3.05, 3.63) is 0 Å². The minimum Gasteiger partial charge on any atom is -0.452 e. The Hall–Kier alpha value is -0.900. The van der Waals surface area contributed by atoms with Crippen molar-refractivity contribution in [1.82, 2.24) is 0 Å². The SMILES string of the molecule is CCC(OC(=O)C(C)OC)C(C)=O. The van der Waals surface area contributed by atoms with Crippen LogP contribution in [0.2, 0.25) is 0 Å². The van der Waals surface area contributed by atoms with Crippen molar-refractivity contribution in [2.45, 2.75) is 39.4 Å². The van der Waals surface area contributed by atoms with Crippen LogP contribution in [0.3, 0.4) is 0 Å². The van der Waals surface area contributed by atoms with Crippen molar-refractivity contribution in [3.8, 4) is 0 Å². The summed E-state index contributed by atoms with van der Waals surface area (Å²) in [6.45, 7) is 4.77. The molecule has 13 heavy (non-hydrogen) atoms. The molecule has 0 spiro atoms. The Morgan fingerprint density at radius 3 is 2.23 bits per heavy atom. The Balaban J connectivity index is 4.09. The lowest BCUT2D eigenvalue weighted by Crippen LogP contribution is -2.30.